The zero-order valence-corrected chi connectivity index (χ0v) is 13.9. The molecule has 3 N–H and O–H groups in total. The third kappa shape index (κ3) is 3.63. The van der Waals surface area contributed by atoms with Gasteiger partial charge in [-0.05, 0) is 18.2 Å². The Morgan fingerprint density at radius 1 is 1.35 bits per heavy atom. The van der Waals surface area contributed by atoms with E-state index in [9.17, 15) is 14.3 Å². The van der Waals surface area contributed by atoms with Crippen LogP contribution in [0.3, 0.4) is 0 Å². The summed E-state index contributed by atoms with van der Waals surface area (Å²) >= 11 is 0. The van der Waals surface area contributed by atoms with Crippen LogP contribution in [0.25, 0.3) is 11.0 Å². The molecule has 0 aliphatic heterocycles. The Kier molecular flexibility index (Phi) is 5.10. The normalized spacial score (nSPS) is 12.2. The maximum Gasteiger partial charge on any atom is 0.294 e. The van der Waals surface area contributed by atoms with Crippen LogP contribution in [0.5, 0.6) is 11.5 Å². The summed E-state index contributed by atoms with van der Waals surface area (Å²) in [6.07, 6.45) is 0.526. The topological polar surface area (TPSA) is 110 Å². The number of para-hydroxylation sites is 1. The zero-order chi connectivity index (χ0) is 18.7. The number of aromatic nitrogens is 3. The lowest BCUT2D eigenvalue weighted by molar-refractivity contribution is 0.105. The number of aryl methyl sites for hydroxylation is 1. The second-order valence-electron chi connectivity index (χ2n) is 5.60. The van der Waals surface area contributed by atoms with Crippen LogP contribution in [-0.4, -0.2) is 44.0 Å². The zero-order valence-electron chi connectivity index (χ0n) is 13.9. The molecule has 8 nitrogen and oxygen atoms in total. The van der Waals surface area contributed by atoms with Crippen LogP contribution < -0.4 is 15.6 Å². The van der Waals surface area contributed by atoms with E-state index < -0.39 is 24.1 Å². The maximum atomic E-state index is 13.7. The number of halogens is 1. The maximum absolute atomic E-state index is 13.7. The van der Waals surface area contributed by atoms with Crippen LogP contribution >= 0.6 is 0 Å². The van der Waals surface area contributed by atoms with Gasteiger partial charge in [0.1, 0.15) is 5.65 Å². The van der Waals surface area contributed by atoms with Gasteiger partial charge in [-0.2, -0.15) is 4.98 Å². The molecule has 3 aromatic rings. The summed E-state index contributed by atoms with van der Waals surface area (Å²) in [4.78, 5) is 20.8. The molecule has 26 heavy (non-hydrogen) atoms. The first-order valence-electron chi connectivity index (χ1n) is 7.81. The van der Waals surface area contributed by atoms with E-state index in [0.717, 1.165) is 0 Å². The van der Waals surface area contributed by atoms with Crippen molar-refractivity contribution in [2.45, 2.75) is 6.10 Å². The average molecular weight is 360 g/mol. The van der Waals surface area contributed by atoms with E-state index in [1.165, 1.54) is 42.1 Å². The van der Waals surface area contributed by atoms with Crippen LogP contribution in [0.15, 0.2) is 41.3 Å². The van der Waals surface area contributed by atoms with Crippen LogP contribution in [0.2, 0.25) is 0 Å². The fraction of sp³-hybridized carbons (Fsp3) is 0.235. The Hall–Kier alpha value is -3.04. The number of aliphatic hydroxyl groups excluding tert-OH is 2. The number of ether oxygens (including phenoxy) is 1. The second kappa shape index (κ2) is 7.46. The number of hydrogen-bond acceptors (Lipinski definition) is 7. The Morgan fingerprint density at radius 3 is 2.85 bits per heavy atom. The number of pyridine rings is 1. The third-order valence-electron chi connectivity index (χ3n) is 3.68. The molecule has 0 radical (unpaired) electrons. The minimum atomic E-state index is -0.949. The van der Waals surface area contributed by atoms with Gasteiger partial charge >= 0.3 is 0 Å². The molecule has 2 heterocycles. The van der Waals surface area contributed by atoms with Crippen molar-refractivity contribution in [2.75, 3.05) is 18.5 Å². The summed E-state index contributed by atoms with van der Waals surface area (Å²) in [5.41, 5.74) is -0.146. The minimum absolute atomic E-state index is 0.0508. The molecular weight excluding hydrogens is 343 g/mol. The Morgan fingerprint density at radius 2 is 2.12 bits per heavy atom. The summed E-state index contributed by atoms with van der Waals surface area (Å²) in [5.74, 6) is -0.484. The van der Waals surface area contributed by atoms with Crippen molar-refractivity contribution in [2.24, 2.45) is 7.05 Å². The van der Waals surface area contributed by atoms with E-state index in [1.807, 2.05) is 0 Å². The molecule has 0 saturated heterocycles. The van der Waals surface area contributed by atoms with Gasteiger partial charge in [-0.3, -0.25) is 9.36 Å². The highest BCUT2D eigenvalue weighted by molar-refractivity contribution is 5.76. The van der Waals surface area contributed by atoms with Gasteiger partial charge in [-0.15, -0.1) is 0 Å². The number of anilines is 1. The molecule has 0 fully saturated rings. The molecule has 0 amide bonds. The summed E-state index contributed by atoms with van der Waals surface area (Å²) < 4.78 is 20.4. The smallest absolute Gasteiger partial charge is 0.294 e. The lowest BCUT2D eigenvalue weighted by Gasteiger charge is -2.12. The lowest BCUT2D eigenvalue weighted by atomic mass is 10.3. The molecule has 3 rings (SSSR count). The Balaban J connectivity index is 1.95. The summed E-state index contributed by atoms with van der Waals surface area (Å²) in [7, 11) is 1.51. The van der Waals surface area contributed by atoms with E-state index in [1.54, 1.807) is 6.07 Å². The molecule has 0 bridgehead atoms. The molecule has 1 unspecified atom stereocenters. The molecule has 0 aliphatic rings. The predicted octanol–water partition coefficient (Wildman–Crippen LogP) is 1.02. The van der Waals surface area contributed by atoms with Crippen molar-refractivity contribution in [1.82, 2.24) is 14.5 Å². The monoisotopic (exact) mass is 360 g/mol. The predicted molar refractivity (Wildman–Crippen MR) is 92.8 cm³/mol. The van der Waals surface area contributed by atoms with Crippen LogP contribution in [0.4, 0.5) is 10.3 Å². The van der Waals surface area contributed by atoms with Gasteiger partial charge in [0.2, 0.25) is 5.95 Å². The molecular formula is C17H17FN4O4. The van der Waals surface area contributed by atoms with E-state index in [-0.39, 0.29) is 24.0 Å². The first kappa shape index (κ1) is 17.8. The van der Waals surface area contributed by atoms with Crippen LogP contribution in [0, 0.1) is 5.82 Å². The van der Waals surface area contributed by atoms with Crippen molar-refractivity contribution in [3.8, 4) is 11.5 Å². The number of nitrogens with zero attached hydrogens (tertiary/aromatic N) is 3. The van der Waals surface area contributed by atoms with Crippen molar-refractivity contribution in [3.63, 3.8) is 0 Å². The van der Waals surface area contributed by atoms with Gasteiger partial charge in [0.15, 0.2) is 17.3 Å². The van der Waals surface area contributed by atoms with Crippen molar-refractivity contribution in [1.29, 1.82) is 0 Å². The summed E-state index contributed by atoms with van der Waals surface area (Å²) in [5, 5.41) is 21.5. The minimum Gasteiger partial charge on any atom is -0.448 e. The molecule has 1 aromatic carbocycles. The van der Waals surface area contributed by atoms with Gasteiger partial charge < -0.3 is 20.3 Å². The number of nitrogens with one attached hydrogen (secondary N) is 1. The van der Waals surface area contributed by atoms with Gasteiger partial charge in [-0.25, -0.2) is 9.37 Å². The van der Waals surface area contributed by atoms with Gasteiger partial charge in [0, 0.05) is 25.2 Å². The molecule has 0 aliphatic carbocycles. The lowest BCUT2D eigenvalue weighted by Crippen LogP contribution is -2.24. The number of rotatable bonds is 6. The number of hydrogen-bond donors (Lipinski definition) is 3. The SMILES string of the molecule is Cn1c(=O)c(Oc2ccccc2F)cc2cnc(NCC(O)CO)nc21. The second-order valence-corrected chi connectivity index (χ2v) is 5.60. The summed E-state index contributed by atoms with van der Waals surface area (Å²) in [6, 6.07) is 7.23. The Labute approximate surface area is 147 Å². The quantitative estimate of drug-likeness (QED) is 0.602. The van der Waals surface area contributed by atoms with Gasteiger partial charge in [0.05, 0.1) is 12.7 Å². The highest BCUT2D eigenvalue weighted by atomic mass is 19.1. The van der Waals surface area contributed by atoms with Crippen LogP contribution in [0.1, 0.15) is 0 Å². The molecule has 136 valence electrons. The number of fused-ring (bicyclic) bond motifs is 1. The average Bonchev–Trinajstić information content (AvgIpc) is 2.65. The molecule has 0 saturated carbocycles. The van der Waals surface area contributed by atoms with E-state index in [0.29, 0.717) is 11.0 Å². The molecule has 1 atom stereocenters. The molecule has 0 spiro atoms. The van der Waals surface area contributed by atoms with Crippen LogP contribution in [-0.2, 0) is 7.05 Å². The van der Waals surface area contributed by atoms with E-state index >= 15 is 0 Å². The molecule has 2 aromatic heterocycles. The van der Waals surface area contributed by atoms with E-state index in [4.69, 9.17) is 9.84 Å². The van der Waals surface area contributed by atoms with Crippen molar-refractivity contribution in [3.05, 3.63) is 52.7 Å². The molecule has 9 heteroatoms. The highest BCUT2D eigenvalue weighted by Gasteiger charge is 2.13. The first-order valence-corrected chi connectivity index (χ1v) is 7.81. The first-order chi connectivity index (χ1) is 12.5. The van der Waals surface area contributed by atoms with E-state index in [2.05, 4.69) is 15.3 Å². The van der Waals surface area contributed by atoms with Gasteiger partial charge in [0.25, 0.3) is 5.56 Å². The number of aliphatic hydroxyl groups is 2. The summed E-state index contributed by atoms with van der Waals surface area (Å²) in [6.45, 7) is -0.333. The van der Waals surface area contributed by atoms with Gasteiger partial charge in [-0.1, -0.05) is 12.1 Å². The van der Waals surface area contributed by atoms with Crippen molar-refractivity contribution < 1.29 is 19.3 Å². The fourth-order valence-corrected chi connectivity index (χ4v) is 2.29. The third-order valence-corrected chi connectivity index (χ3v) is 3.68. The number of benzene rings is 1. The Bertz CT molecular complexity index is 992. The highest BCUT2D eigenvalue weighted by Crippen LogP contribution is 2.23. The fourth-order valence-electron chi connectivity index (χ4n) is 2.29. The van der Waals surface area contributed by atoms with Crippen molar-refractivity contribution >= 4 is 17.0 Å². The largest absolute Gasteiger partial charge is 0.448 e. The standard InChI is InChI=1S/C17H17FN4O4/c1-22-15-10(7-19-17(21-15)20-8-11(24)9-23)6-14(16(22)25)26-13-5-3-2-4-12(13)18/h2-7,11,23-24H,8-9H2,1H3,(H,19,20,21).